The van der Waals surface area contributed by atoms with Crippen LogP contribution in [0.15, 0.2) is 12.2 Å². The molecule has 19 heavy (non-hydrogen) atoms. The number of Topliss-reactive ketones (excluding diaryl/α,β-unsaturated/α-hetero) is 1. The van der Waals surface area contributed by atoms with Crippen molar-refractivity contribution >= 4 is 11.8 Å². The fourth-order valence-corrected chi connectivity index (χ4v) is 1.69. The third-order valence-electron chi connectivity index (χ3n) is 2.68. The first-order valence-electron chi connectivity index (χ1n) is 7.13. The maximum absolute atomic E-state index is 11.4. The van der Waals surface area contributed by atoms with Crippen LogP contribution in [0.25, 0.3) is 0 Å². The highest BCUT2D eigenvalue weighted by Crippen LogP contribution is 2.12. The first-order chi connectivity index (χ1) is 8.72. The van der Waals surface area contributed by atoms with Gasteiger partial charge < -0.3 is 4.74 Å². The highest BCUT2D eigenvalue weighted by atomic mass is 16.6. The second kappa shape index (κ2) is 8.89. The average molecular weight is 268 g/mol. The Morgan fingerprint density at radius 3 is 1.89 bits per heavy atom. The lowest BCUT2D eigenvalue weighted by Crippen LogP contribution is -2.23. The maximum atomic E-state index is 11.4. The van der Waals surface area contributed by atoms with Crippen LogP contribution in [0.2, 0.25) is 0 Å². The van der Waals surface area contributed by atoms with Crippen molar-refractivity contribution in [2.24, 2.45) is 0 Å². The Labute approximate surface area is 117 Å². The van der Waals surface area contributed by atoms with Crippen molar-refractivity contribution in [3.05, 3.63) is 12.2 Å². The van der Waals surface area contributed by atoms with Crippen molar-refractivity contribution in [1.82, 2.24) is 0 Å². The number of ketones is 1. The number of esters is 1. The van der Waals surface area contributed by atoms with E-state index >= 15 is 0 Å². The average Bonchev–Trinajstić information content (AvgIpc) is 2.24. The Balaban J connectivity index is 3.44. The van der Waals surface area contributed by atoms with Gasteiger partial charge in [0.05, 0.1) is 0 Å². The zero-order valence-corrected chi connectivity index (χ0v) is 12.9. The Bertz CT molecular complexity index is 310. The van der Waals surface area contributed by atoms with Gasteiger partial charge in [-0.25, -0.2) is 0 Å². The Morgan fingerprint density at radius 2 is 1.42 bits per heavy atom. The lowest BCUT2D eigenvalue weighted by atomic mass is 10.1. The fourth-order valence-electron chi connectivity index (χ4n) is 1.69. The SMILES string of the molecule is C=C(C)C(=O)CCCCCCCC(=O)OC(C)(C)C. The molecular formula is C16H28O3. The summed E-state index contributed by atoms with van der Waals surface area (Å²) >= 11 is 0. The summed E-state index contributed by atoms with van der Waals surface area (Å²) in [5, 5.41) is 0. The third-order valence-corrected chi connectivity index (χ3v) is 2.68. The molecule has 0 atom stereocenters. The molecule has 0 radical (unpaired) electrons. The number of rotatable bonds is 9. The van der Waals surface area contributed by atoms with E-state index < -0.39 is 0 Å². The van der Waals surface area contributed by atoms with Gasteiger partial charge in [0.1, 0.15) is 5.60 Å². The van der Waals surface area contributed by atoms with E-state index in [0.717, 1.165) is 32.1 Å². The van der Waals surface area contributed by atoms with Gasteiger partial charge in [0, 0.05) is 12.8 Å². The van der Waals surface area contributed by atoms with Gasteiger partial charge in [-0.2, -0.15) is 0 Å². The van der Waals surface area contributed by atoms with Crippen LogP contribution in [-0.4, -0.2) is 17.4 Å². The predicted octanol–water partition coefficient (Wildman–Crippen LogP) is 4.20. The highest BCUT2D eigenvalue weighted by Gasteiger charge is 2.15. The zero-order chi connectivity index (χ0) is 14.9. The Hall–Kier alpha value is -1.12. The van der Waals surface area contributed by atoms with Gasteiger partial charge in [0.25, 0.3) is 0 Å². The molecule has 110 valence electrons. The molecule has 0 spiro atoms. The molecule has 0 aromatic rings. The number of carbonyl (C=O) groups is 2. The predicted molar refractivity (Wildman–Crippen MR) is 78.0 cm³/mol. The van der Waals surface area contributed by atoms with Crippen molar-refractivity contribution in [2.75, 3.05) is 0 Å². The summed E-state index contributed by atoms with van der Waals surface area (Å²) in [5.41, 5.74) is 0.255. The zero-order valence-electron chi connectivity index (χ0n) is 12.9. The largest absolute Gasteiger partial charge is 0.460 e. The summed E-state index contributed by atoms with van der Waals surface area (Å²) in [7, 11) is 0. The van der Waals surface area contributed by atoms with E-state index in [1.165, 1.54) is 0 Å². The van der Waals surface area contributed by atoms with Crippen LogP contribution in [0, 0.1) is 0 Å². The van der Waals surface area contributed by atoms with Crippen molar-refractivity contribution in [3.8, 4) is 0 Å². The smallest absolute Gasteiger partial charge is 0.306 e. The molecule has 0 aliphatic heterocycles. The van der Waals surface area contributed by atoms with Crippen LogP contribution >= 0.6 is 0 Å². The van der Waals surface area contributed by atoms with E-state index in [1.807, 2.05) is 20.8 Å². The normalized spacial score (nSPS) is 11.2. The quantitative estimate of drug-likeness (QED) is 0.357. The molecule has 0 aromatic heterocycles. The second-order valence-electron chi connectivity index (χ2n) is 6.06. The minimum absolute atomic E-state index is 0.120. The van der Waals surface area contributed by atoms with E-state index in [2.05, 4.69) is 6.58 Å². The number of carbonyl (C=O) groups excluding carboxylic acids is 2. The first-order valence-corrected chi connectivity index (χ1v) is 7.13. The van der Waals surface area contributed by atoms with Gasteiger partial charge in [-0.3, -0.25) is 9.59 Å². The summed E-state index contributed by atoms with van der Waals surface area (Å²) in [5.74, 6) is 0.0405. The molecule has 3 nitrogen and oxygen atoms in total. The molecule has 0 N–H and O–H groups in total. The molecule has 3 heteroatoms. The van der Waals surface area contributed by atoms with E-state index in [1.54, 1.807) is 6.92 Å². The molecule has 0 rings (SSSR count). The lowest BCUT2D eigenvalue weighted by molar-refractivity contribution is -0.154. The van der Waals surface area contributed by atoms with Crippen LogP contribution in [0.3, 0.4) is 0 Å². The summed E-state index contributed by atoms with van der Waals surface area (Å²) < 4.78 is 5.23. The summed E-state index contributed by atoms with van der Waals surface area (Å²) in [6, 6.07) is 0. The molecule has 0 unspecified atom stereocenters. The number of ether oxygens (including phenoxy) is 1. The molecule has 0 fully saturated rings. The minimum atomic E-state index is -0.389. The van der Waals surface area contributed by atoms with Gasteiger partial charge >= 0.3 is 5.97 Å². The van der Waals surface area contributed by atoms with Crippen LogP contribution in [0.1, 0.15) is 72.6 Å². The van der Waals surface area contributed by atoms with Crippen LogP contribution in [0.4, 0.5) is 0 Å². The van der Waals surface area contributed by atoms with Gasteiger partial charge in [-0.15, -0.1) is 0 Å². The molecule has 0 saturated heterocycles. The van der Waals surface area contributed by atoms with Gasteiger partial charge in [-0.05, 0) is 46.1 Å². The van der Waals surface area contributed by atoms with Gasteiger partial charge in [0.2, 0.25) is 0 Å². The topological polar surface area (TPSA) is 43.4 Å². The summed E-state index contributed by atoms with van der Waals surface area (Å²) in [6.07, 6.45) is 5.98. The van der Waals surface area contributed by atoms with Crippen LogP contribution in [-0.2, 0) is 14.3 Å². The molecule has 0 aliphatic carbocycles. The molecule has 0 amide bonds. The van der Waals surface area contributed by atoms with E-state index in [9.17, 15) is 9.59 Å². The highest BCUT2D eigenvalue weighted by molar-refractivity contribution is 5.93. The van der Waals surface area contributed by atoms with Crippen molar-refractivity contribution in [3.63, 3.8) is 0 Å². The molecule has 0 aliphatic rings. The first kappa shape index (κ1) is 17.9. The minimum Gasteiger partial charge on any atom is -0.460 e. The summed E-state index contributed by atoms with van der Waals surface area (Å²) in [4.78, 5) is 22.7. The van der Waals surface area contributed by atoms with Gasteiger partial charge in [-0.1, -0.05) is 25.8 Å². The van der Waals surface area contributed by atoms with Crippen molar-refractivity contribution in [2.45, 2.75) is 78.2 Å². The van der Waals surface area contributed by atoms with Crippen LogP contribution in [0.5, 0.6) is 0 Å². The molecular weight excluding hydrogens is 240 g/mol. The van der Waals surface area contributed by atoms with E-state index in [0.29, 0.717) is 18.4 Å². The fraction of sp³-hybridized carbons (Fsp3) is 0.750. The lowest BCUT2D eigenvalue weighted by Gasteiger charge is -2.19. The Morgan fingerprint density at radius 1 is 0.947 bits per heavy atom. The number of hydrogen-bond donors (Lipinski definition) is 0. The van der Waals surface area contributed by atoms with E-state index in [4.69, 9.17) is 4.74 Å². The van der Waals surface area contributed by atoms with Gasteiger partial charge in [0.15, 0.2) is 5.78 Å². The molecule has 0 aromatic carbocycles. The van der Waals surface area contributed by atoms with Crippen molar-refractivity contribution < 1.29 is 14.3 Å². The molecule has 0 bridgehead atoms. The van der Waals surface area contributed by atoms with E-state index in [-0.39, 0.29) is 17.4 Å². The molecule has 0 saturated carbocycles. The standard InChI is InChI=1S/C16H28O3/c1-13(2)14(17)11-9-7-6-8-10-12-15(18)19-16(3,4)5/h1,6-12H2,2-5H3. The summed E-state index contributed by atoms with van der Waals surface area (Å²) in [6.45, 7) is 11.0. The maximum Gasteiger partial charge on any atom is 0.306 e. The number of hydrogen-bond acceptors (Lipinski definition) is 3. The van der Waals surface area contributed by atoms with Crippen molar-refractivity contribution in [1.29, 1.82) is 0 Å². The number of allylic oxidation sites excluding steroid dienone is 1. The van der Waals surface area contributed by atoms with Crippen LogP contribution < -0.4 is 0 Å². The molecule has 0 heterocycles. The number of unbranched alkanes of at least 4 members (excludes halogenated alkanes) is 4. The second-order valence-corrected chi connectivity index (χ2v) is 6.06. The third kappa shape index (κ3) is 11.7. The Kier molecular flexibility index (Phi) is 8.37. The monoisotopic (exact) mass is 268 g/mol.